The molecular formula is C34H51N3O4. The maximum Gasteiger partial charge on any atom is 0.408 e. The molecular weight excluding hydrogens is 514 g/mol. The molecule has 0 radical (unpaired) electrons. The van der Waals surface area contributed by atoms with Crippen LogP contribution in [0.3, 0.4) is 0 Å². The lowest BCUT2D eigenvalue weighted by atomic mass is 9.97. The molecule has 226 valence electrons. The minimum Gasteiger partial charge on any atom is -0.444 e. The van der Waals surface area contributed by atoms with E-state index in [9.17, 15) is 14.4 Å². The van der Waals surface area contributed by atoms with Crippen LogP contribution in [0.4, 0.5) is 4.79 Å². The maximum absolute atomic E-state index is 14.5. The van der Waals surface area contributed by atoms with Gasteiger partial charge in [0.1, 0.15) is 17.7 Å². The average molecular weight is 566 g/mol. The van der Waals surface area contributed by atoms with Gasteiger partial charge in [0.05, 0.1) is 0 Å². The molecule has 2 rings (SSSR count). The molecule has 0 saturated carbocycles. The van der Waals surface area contributed by atoms with Crippen LogP contribution in [0, 0.1) is 13.8 Å². The maximum atomic E-state index is 14.5. The van der Waals surface area contributed by atoms with Crippen LogP contribution in [0.5, 0.6) is 0 Å². The number of hydrogen-bond acceptors (Lipinski definition) is 4. The topological polar surface area (TPSA) is 87.7 Å². The van der Waals surface area contributed by atoms with E-state index in [4.69, 9.17) is 4.74 Å². The fourth-order valence-corrected chi connectivity index (χ4v) is 4.72. The molecule has 7 heteroatoms. The quantitative estimate of drug-likeness (QED) is 0.247. The number of aryl methyl sites for hydroxylation is 2. The average Bonchev–Trinajstić information content (AvgIpc) is 2.88. The van der Waals surface area contributed by atoms with Gasteiger partial charge in [-0.05, 0) is 77.1 Å². The normalized spacial score (nSPS) is 12.9. The highest BCUT2D eigenvalue weighted by Crippen LogP contribution is 2.26. The summed E-state index contributed by atoms with van der Waals surface area (Å²) in [5.41, 5.74) is 3.10. The fraction of sp³-hybridized carbons (Fsp3) is 0.559. The Labute approximate surface area is 247 Å². The zero-order chi connectivity index (χ0) is 30.6. The molecule has 0 aromatic heterocycles. The molecule has 2 N–H and O–H groups in total. The molecule has 0 bridgehead atoms. The smallest absolute Gasteiger partial charge is 0.408 e. The number of alkyl carbamates (subject to hydrolysis) is 1. The fourth-order valence-electron chi connectivity index (χ4n) is 4.72. The van der Waals surface area contributed by atoms with Crippen LogP contribution in [0.2, 0.25) is 0 Å². The molecule has 2 aromatic rings. The number of nitrogens with zero attached hydrogens (tertiary/aromatic N) is 1. The van der Waals surface area contributed by atoms with Gasteiger partial charge in [-0.2, -0.15) is 0 Å². The molecule has 0 heterocycles. The van der Waals surface area contributed by atoms with Crippen LogP contribution in [0.15, 0.2) is 48.5 Å². The molecule has 2 unspecified atom stereocenters. The highest BCUT2D eigenvalue weighted by atomic mass is 16.6. The Balaban J connectivity index is 2.56. The molecule has 3 amide bonds. The van der Waals surface area contributed by atoms with Gasteiger partial charge in [0.2, 0.25) is 11.8 Å². The predicted octanol–water partition coefficient (Wildman–Crippen LogP) is 6.80. The van der Waals surface area contributed by atoms with Gasteiger partial charge >= 0.3 is 6.09 Å². The van der Waals surface area contributed by atoms with Gasteiger partial charge in [-0.15, -0.1) is 0 Å². The minimum absolute atomic E-state index is 0.0990. The van der Waals surface area contributed by atoms with Crippen molar-refractivity contribution in [2.45, 2.75) is 118 Å². The largest absolute Gasteiger partial charge is 0.444 e. The van der Waals surface area contributed by atoms with Crippen molar-refractivity contribution >= 4 is 17.9 Å². The van der Waals surface area contributed by atoms with E-state index < -0.39 is 23.8 Å². The van der Waals surface area contributed by atoms with E-state index in [1.54, 1.807) is 25.7 Å². The van der Waals surface area contributed by atoms with Crippen LogP contribution < -0.4 is 10.6 Å². The number of benzene rings is 2. The van der Waals surface area contributed by atoms with Crippen molar-refractivity contribution in [1.82, 2.24) is 15.5 Å². The number of carbonyl (C=O) groups is 3. The van der Waals surface area contributed by atoms with Crippen LogP contribution in [0.25, 0.3) is 0 Å². The molecule has 0 fully saturated rings. The summed E-state index contributed by atoms with van der Waals surface area (Å²) in [5, 5.41) is 5.87. The van der Waals surface area contributed by atoms with E-state index in [-0.39, 0.29) is 24.3 Å². The van der Waals surface area contributed by atoms with Gasteiger partial charge in [-0.25, -0.2) is 4.79 Å². The Kier molecular flexibility index (Phi) is 13.4. The third-order valence-corrected chi connectivity index (χ3v) is 6.90. The zero-order valence-corrected chi connectivity index (χ0v) is 26.4. The van der Waals surface area contributed by atoms with Crippen LogP contribution in [-0.2, 0) is 20.7 Å². The van der Waals surface area contributed by atoms with Gasteiger partial charge in [-0.1, -0.05) is 81.1 Å². The summed E-state index contributed by atoms with van der Waals surface area (Å²) in [6.45, 7) is 15.8. The number of unbranched alkanes of at least 4 members (excludes halogenated alkanes) is 4. The van der Waals surface area contributed by atoms with Crippen LogP contribution in [-0.4, -0.2) is 47.0 Å². The first-order chi connectivity index (χ1) is 19.3. The molecule has 0 saturated heterocycles. The molecule has 7 nitrogen and oxygen atoms in total. The van der Waals surface area contributed by atoms with Crippen molar-refractivity contribution in [2.75, 3.05) is 6.54 Å². The van der Waals surface area contributed by atoms with Gasteiger partial charge in [0, 0.05) is 19.0 Å². The number of carbonyl (C=O) groups excluding carboxylic acids is 3. The summed E-state index contributed by atoms with van der Waals surface area (Å²) < 4.78 is 5.54. The first-order valence-corrected chi connectivity index (χ1v) is 15.0. The van der Waals surface area contributed by atoms with E-state index in [0.29, 0.717) is 6.54 Å². The number of amides is 3. The van der Waals surface area contributed by atoms with Crippen molar-refractivity contribution in [3.63, 3.8) is 0 Å². The highest BCUT2D eigenvalue weighted by Gasteiger charge is 2.36. The van der Waals surface area contributed by atoms with E-state index >= 15 is 0 Å². The third kappa shape index (κ3) is 11.6. The number of rotatable bonds is 14. The van der Waals surface area contributed by atoms with Gasteiger partial charge in [-0.3, -0.25) is 9.59 Å². The number of ether oxygens (including phenoxy) is 1. The summed E-state index contributed by atoms with van der Waals surface area (Å²) in [4.78, 5) is 42.9. The summed E-state index contributed by atoms with van der Waals surface area (Å²) in [6.07, 6.45) is 4.62. The van der Waals surface area contributed by atoms with Crippen molar-refractivity contribution in [1.29, 1.82) is 0 Å². The Hall–Kier alpha value is -3.35. The first kappa shape index (κ1) is 33.9. The Morgan fingerprint density at radius 2 is 1.54 bits per heavy atom. The van der Waals surface area contributed by atoms with Crippen LogP contribution >= 0.6 is 0 Å². The molecule has 2 aromatic carbocycles. The molecule has 2 atom stereocenters. The lowest BCUT2D eigenvalue weighted by molar-refractivity contribution is -0.142. The van der Waals surface area contributed by atoms with Crippen molar-refractivity contribution in [2.24, 2.45) is 0 Å². The number of nitrogens with one attached hydrogen (secondary N) is 2. The monoisotopic (exact) mass is 565 g/mol. The van der Waals surface area contributed by atoms with Gasteiger partial charge < -0.3 is 20.3 Å². The molecule has 0 aliphatic rings. The predicted molar refractivity (Wildman–Crippen MR) is 166 cm³/mol. The Bertz CT molecular complexity index is 1120. The molecule has 41 heavy (non-hydrogen) atoms. The SMILES string of the molecule is CCCCCCCN(C(=O)C(Cc1ccccc1)NC(=O)OC(C)(C)C)C(C(=O)NC(C)C)c1ccc(C)c(C)c1. The van der Waals surface area contributed by atoms with Crippen molar-refractivity contribution < 1.29 is 19.1 Å². The standard InChI is InChI=1S/C34H51N3O4/c1-9-10-11-12-16-21-37(30(31(38)35-24(2)3)28-20-19-25(4)26(5)22-28)32(39)29(23-27-17-14-13-15-18-27)36-33(40)41-34(6,7)8/h13-15,17-20,22,24,29-30H,9-12,16,21,23H2,1-8H3,(H,35,38)(H,36,40). The summed E-state index contributed by atoms with van der Waals surface area (Å²) in [5.74, 6) is -0.543. The Morgan fingerprint density at radius 3 is 2.12 bits per heavy atom. The summed E-state index contributed by atoms with van der Waals surface area (Å²) in [7, 11) is 0. The summed E-state index contributed by atoms with van der Waals surface area (Å²) in [6, 6.07) is 13.6. The lowest BCUT2D eigenvalue weighted by Crippen LogP contribution is -2.54. The van der Waals surface area contributed by atoms with Crippen molar-refractivity contribution in [3.8, 4) is 0 Å². The second-order valence-electron chi connectivity index (χ2n) is 12.2. The minimum atomic E-state index is -0.913. The number of hydrogen-bond donors (Lipinski definition) is 2. The third-order valence-electron chi connectivity index (χ3n) is 6.90. The summed E-state index contributed by atoms with van der Waals surface area (Å²) >= 11 is 0. The van der Waals surface area contributed by atoms with Crippen molar-refractivity contribution in [3.05, 3.63) is 70.8 Å². The van der Waals surface area contributed by atoms with Crippen LogP contribution in [0.1, 0.15) is 102 Å². The molecule has 0 aliphatic heterocycles. The zero-order valence-electron chi connectivity index (χ0n) is 26.4. The van der Waals surface area contributed by atoms with E-state index in [1.807, 2.05) is 76.2 Å². The second kappa shape index (κ2) is 16.2. The molecule has 0 spiro atoms. The van der Waals surface area contributed by atoms with E-state index in [1.165, 1.54) is 0 Å². The van der Waals surface area contributed by atoms with E-state index in [0.717, 1.165) is 54.4 Å². The Morgan fingerprint density at radius 1 is 0.878 bits per heavy atom. The van der Waals surface area contributed by atoms with Gasteiger partial charge in [0.15, 0.2) is 0 Å². The second-order valence-corrected chi connectivity index (χ2v) is 12.2. The van der Waals surface area contributed by atoms with E-state index in [2.05, 4.69) is 17.6 Å². The van der Waals surface area contributed by atoms with Gasteiger partial charge in [0.25, 0.3) is 0 Å². The lowest BCUT2D eigenvalue weighted by Gasteiger charge is -2.35. The highest BCUT2D eigenvalue weighted by molar-refractivity contribution is 5.92. The molecule has 0 aliphatic carbocycles. The first-order valence-electron chi connectivity index (χ1n) is 15.0.